The average Bonchev–Trinajstić information content (AvgIpc) is 3.65. The van der Waals surface area contributed by atoms with Crippen molar-refractivity contribution in [2.45, 2.75) is 58.6 Å². The van der Waals surface area contributed by atoms with Crippen LogP contribution in [0.3, 0.4) is 0 Å². The van der Waals surface area contributed by atoms with Gasteiger partial charge in [0, 0.05) is 29.3 Å². The number of halogens is 3. The number of hydrogen-bond acceptors (Lipinski definition) is 6. The Morgan fingerprint density at radius 1 is 1.11 bits per heavy atom. The van der Waals surface area contributed by atoms with Gasteiger partial charge in [0.05, 0.1) is 37.4 Å². The van der Waals surface area contributed by atoms with E-state index in [1.54, 1.807) is 43.5 Å². The molecule has 12 heteroatoms. The van der Waals surface area contributed by atoms with Gasteiger partial charge < -0.3 is 19.5 Å². The number of nitrogens with one attached hydrogen (secondary N) is 1. The number of pyridine rings is 1. The van der Waals surface area contributed by atoms with Crippen molar-refractivity contribution in [1.29, 1.82) is 0 Å². The number of hydrogen-bond donors (Lipinski definition) is 1. The van der Waals surface area contributed by atoms with Gasteiger partial charge in [0.15, 0.2) is 17.2 Å². The second-order valence-electron chi connectivity index (χ2n) is 11.6. The van der Waals surface area contributed by atoms with Crippen LogP contribution < -0.4 is 19.7 Å². The molecule has 0 saturated heterocycles. The number of amides is 2. The van der Waals surface area contributed by atoms with E-state index < -0.39 is 30.5 Å². The second kappa shape index (κ2) is 12.1. The van der Waals surface area contributed by atoms with Crippen LogP contribution in [-0.2, 0) is 4.74 Å². The molecule has 2 aromatic carbocycles. The Kier molecular flexibility index (Phi) is 8.44. The lowest BCUT2D eigenvalue weighted by Gasteiger charge is -2.27. The molecule has 232 valence electrons. The van der Waals surface area contributed by atoms with Gasteiger partial charge in [-0.3, -0.25) is 14.1 Å². The van der Waals surface area contributed by atoms with Crippen molar-refractivity contribution < 1.29 is 37.0 Å². The van der Waals surface area contributed by atoms with E-state index in [9.17, 15) is 22.8 Å². The summed E-state index contributed by atoms with van der Waals surface area (Å²) in [5.74, 6) is -0.586. The van der Waals surface area contributed by atoms with E-state index in [4.69, 9.17) is 14.2 Å². The molecule has 0 radical (unpaired) electrons. The Labute approximate surface area is 252 Å². The molecule has 2 heterocycles. The van der Waals surface area contributed by atoms with Crippen LogP contribution in [-0.4, -0.2) is 53.1 Å². The van der Waals surface area contributed by atoms with Crippen molar-refractivity contribution in [3.8, 4) is 28.5 Å². The summed E-state index contributed by atoms with van der Waals surface area (Å²) in [4.78, 5) is 31.2. The minimum absolute atomic E-state index is 0.00515. The Hall–Kier alpha value is -4.74. The molecule has 9 nitrogen and oxygen atoms in total. The van der Waals surface area contributed by atoms with Gasteiger partial charge in [0.25, 0.3) is 12.3 Å². The molecule has 1 N–H and O–H groups in total. The molecule has 0 unspecified atom stereocenters. The average molecular weight is 611 g/mol. The molecule has 4 aromatic rings. The predicted octanol–water partition coefficient (Wildman–Crippen LogP) is 7.15. The number of alkyl halides is 2. The van der Waals surface area contributed by atoms with Crippen molar-refractivity contribution in [2.75, 3.05) is 18.6 Å². The Morgan fingerprint density at radius 2 is 1.86 bits per heavy atom. The summed E-state index contributed by atoms with van der Waals surface area (Å²) in [5.41, 5.74) is 1.68. The van der Waals surface area contributed by atoms with E-state index in [0.29, 0.717) is 16.8 Å². The van der Waals surface area contributed by atoms with Crippen molar-refractivity contribution in [1.82, 2.24) is 14.7 Å². The zero-order valence-corrected chi connectivity index (χ0v) is 25.0. The molecule has 1 aliphatic carbocycles. The number of carbonyl (C=O) groups excluding carboxylic acids is 2. The Bertz CT molecular complexity index is 1710. The number of ether oxygens (including phenoxy) is 3. The highest BCUT2D eigenvalue weighted by Gasteiger charge is 2.30. The normalized spacial score (nSPS) is 13.2. The molecule has 5 rings (SSSR count). The van der Waals surface area contributed by atoms with E-state index in [1.807, 2.05) is 13.0 Å². The summed E-state index contributed by atoms with van der Waals surface area (Å²) in [6, 6.07) is 10.9. The molecule has 44 heavy (non-hydrogen) atoms. The maximum Gasteiger partial charge on any atom is 0.415 e. The van der Waals surface area contributed by atoms with Crippen LogP contribution in [0.2, 0.25) is 0 Å². The number of fused-ring (bicyclic) bond motifs is 1. The predicted molar refractivity (Wildman–Crippen MR) is 158 cm³/mol. The molecule has 1 aliphatic rings. The van der Waals surface area contributed by atoms with Gasteiger partial charge in [-0.2, -0.15) is 0 Å². The maximum absolute atomic E-state index is 14.5. The quantitative estimate of drug-likeness (QED) is 0.216. The van der Waals surface area contributed by atoms with Gasteiger partial charge in [0.1, 0.15) is 17.1 Å². The first-order valence-electron chi connectivity index (χ1n) is 14.1. The van der Waals surface area contributed by atoms with E-state index in [2.05, 4.69) is 10.3 Å². The highest BCUT2D eigenvalue weighted by atomic mass is 19.3. The van der Waals surface area contributed by atoms with Crippen LogP contribution >= 0.6 is 0 Å². The molecule has 0 aliphatic heterocycles. The summed E-state index contributed by atoms with van der Waals surface area (Å²) in [7, 11) is 1.34. The Balaban J connectivity index is 1.62. The van der Waals surface area contributed by atoms with Gasteiger partial charge in [-0.15, -0.1) is 0 Å². The lowest BCUT2D eigenvalue weighted by atomic mass is 10.0. The summed E-state index contributed by atoms with van der Waals surface area (Å²) in [6.07, 6.45) is 1.12. The largest absolute Gasteiger partial charge is 0.494 e. The summed E-state index contributed by atoms with van der Waals surface area (Å²) in [5, 5.41) is 2.98. The van der Waals surface area contributed by atoms with E-state index in [0.717, 1.165) is 29.4 Å². The van der Waals surface area contributed by atoms with E-state index in [-0.39, 0.29) is 40.5 Å². The third kappa shape index (κ3) is 6.90. The molecular weight excluding hydrogens is 577 g/mol. The van der Waals surface area contributed by atoms with Crippen molar-refractivity contribution in [2.24, 2.45) is 0 Å². The van der Waals surface area contributed by atoms with Crippen molar-refractivity contribution in [3.63, 3.8) is 0 Å². The topological polar surface area (TPSA) is 94.4 Å². The zero-order chi connectivity index (χ0) is 31.8. The molecule has 2 amide bonds. The number of rotatable bonds is 9. The number of benzene rings is 2. The third-order valence-electron chi connectivity index (χ3n) is 6.82. The fourth-order valence-corrected chi connectivity index (χ4v) is 4.65. The van der Waals surface area contributed by atoms with Crippen LogP contribution in [0.25, 0.3) is 16.9 Å². The first-order chi connectivity index (χ1) is 20.8. The lowest BCUT2D eigenvalue weighted by Crippen LogP contribution is -2.40. The van der Waals surface area contributed by atoms with Gasteiger partial charge >= 0.3 is 6.09 Å². The first-order valence-corrected chi connectivity index (χ1v) is 14.1. The van der Waals surface area contributed by atoms with Crippen LogP contribution in [0, 0.1) is 12.7 Å². The number of anilines is 1. The SMILES string of the molecule is COc1ccc(Oc2cc(N(CC(F)F)C(=O)OC(C)(C)C)c3ncc(-c4ccc(C(=O)NC5CC5)c(C)c4)n3c2)cc1F. The third-order valence-corrected chi connectivity index (χ3v) is 6.82. The van der Waals surface area contributed by atoms with Crippen LogP contribution in [0.15, 0.2) is 54.9 Å². The number of aryl methyl sites for hydroxylation is 1. The van der Waals surface area contributed by atoms with Gasteiger partial charge in [0.2, 0.25) is 0 Å². The first kappa shape index (κ1) is 30.7. The minimum Gasteiger partial charge on any atom is -0.494 e. The lowest BCUT2D eigenvalue weighted by molar-refractivity contribution is 0.0543. The molecule has 1 saturated carbocycles. The highest BCUT2D eigenvalue weighted by molar-refractivity contribution is 5.97. The van der Waals surface area contributed by atoms with Gasteiger partial charge in [-0.05, 0) is 70.4 Å². The maximum atomic E-state index is 14.5. The summed E-state index contributed by atoms with van der Waals surface area (Å²) in [6.45, 7) is 5.73. The van der Waals surface area contributed by atoms with Crippen molar-refractivity contribution >= 4 is 23.3 Å². The Morgan fingerprint density at radius 3 is 2.48 bits per heavy atom. The van der Waals surface area contributed by atoms with E-state index >= 15 is 0 Å². The molecule has 2 aromatic heterocycles. The molecule has 0 spiro atoms. The van der Waals surface area contributed by atoms with Gasteiger partial charge in [-0.25, -0.2) is 22.9 Å². The fraction of sp³-hybridized carbons (Fsp3) is 0.344. The fourth-order valence-electron chi connectivity index (χ4n) is 4.65. The molecule has 0 bridgehead atoms. The summed E-state index contributed by atoms with van der Waals surface area (Å²) >= 11 is 0. The highest BCUT2D eigenvalue weighted by Crippen LogP contribution is 2.35. The second-order valence-corrected chi connectivity index (χ2v) is 11.6. The number of methoxy groups -OCH3 is 1. The summed E-state index contributed by atoms with van der Waals surface area (Å²) < 4.78 is 60.1. The number of aromatic nitrogens is 2. The zero-order valence-electron chi connectivity index (χ0n) is 25.0. The van der Waals surface area contributed by atoms with Gasteiger partial charge in [-0.1, -0.05) is 6.07 Å². The standard InChI is InChI=1S/C32H33F3N4O5/c1-18-12-19(6-10-23(18)30(40)37-20-7-8-20)26-15-36-29-25(39(17-28(34)35)31(41)44-32(2,3)4)14-22(16-38(26)29)43-21-9-11-27(42-5)24(33)13-21/h6,9-16,20,28H,7-8,17H2,1-5H3,(H,37,40). The molecular formula is C32H33F3N4O5. The number of nitrogens with zero attached hydrogens (tertiary/aromatic N) is 3. The number of carbonyl (C=O) groups is 2. The molecule has 0 atom stereocenters. The van der Waals surface area contributed by atoms with Crippen LogP contribution in [0.4, 0.5) is 23.7 Å². The van der Waals surface area contributed by atoms with Crippen LogP contribution in [0.5, 0.6) is 17.2 Å². The van der Waals surface area contributed by atoms with Crippen molar-refractivity contribution in [3.05, 3.63) is 71.8 Å². The minimum atomic E-state index is -2.89. The van der Waals surface area contributed by atoms with Crippen LogP contribution in [0.1, 0.15) is 49.5 Å². The van der Waals surface area contributed by atoms with E-state index in [1.165, 1.54) is 31.5 Å². The smallest absolute Gasteiger partial charge is 0.415 e. The number of imidazole rings is 1. The monoisotopic (exact) mass is 610 g/mol. The molecule has 1 fully saturated rings.